The zero-order chi connectivity index (χ0) is 19.7. The molecule has 1 aromatic carbocycles. The lowest BCUT2D eigenvalue weighted by Crippen LogP contribution is -2.30. The second-order valence-corrected chi connectivity index (χ2v) is 8.14. The molecule has 0 bridgehead atoms. The summed E-state index contributed by atoms with van der Waals surface area (Å²) in [5.74, 6) is -0.116. The van der Waals surface area contributed by atoms with E-state index in [1.807, 2.05) is 46.9 Å². The smallest absolute Gasteiger partial charge is 0.293 e. The largest absolute Gasteiger partial charge is 0.341 e. The van der Waals surface area contributed by atoms with Gasteiger partial charge >= 0.3 is 0 Å². The fourth-order valence-corrected chi connectivity index (χ4v) is 4.65. The second-order valence-electron chi connectivity index (χ2n) is 7.15. The van der Waals surface area contributed by atoms with Crippen molar-refractivity contribution in [1.82, 2.24) is 14.4 Å². The molecule has 2 aliphatic rings. The van der Waals surface area contributed by atoms with Crippen LogP contribution in [0.15, 0.2) is 35.4 Å². The molecule has 0 radical (unpaired) electrons. The molecule has 0 spiro atoms. The topological polar surface area (TPSA) is 62.6 Å². The van der Waals surface area contributed by atoms with E-state index in [1.54, 1.807) is 6.08 Å². The summed E-state index contributed by atoms with van der Waals surface area (Å²) in [5.41, 5.74) is 1.81. The van der Waals surface area contributed by atoms with E-state index in [2.05, 4.69) is 0 Å². The van der Waals surface area contributed by atoms with Crippen LogP contribution in [0.5, 0.6) is 0 Å². The van der Waals surface area contributed by atoms with E-state index in [1.165, 1.54) is 4.90 Å². The van der Waals surface area contributed by atoms with E-state index in [4.69, 9.17) is 0 Å². The van der Waals surface area contributed by atoms with Crippen LogP contribution >= 0.6 is 11.8 Å². The van der Waals surface area contributed by atoms with Crippen molar-refractivity contribution in [2.24, 2.45) is 0 Å². The maximum Gasteiger partial charge on any atom is 0.293 e. The summed E-state index contributed by atoms with van der Waals surface area (Å²) in [6, 6.07) is 7.84. The fraction of sp³-hybridized carbons (Fsp3) is 0.381. The Morgan fingerprint density at radius 2 is 1.93 bits per heavy atom. The van der Waals surface area contributed by atoms with Crippen LogP contribution in [0.2, 0.25) is 0 Å². The average Bonchev–Trinajstić information content (AvgIpc) is 3.39. The standard InChI is InChI=1S/C21H23N3O3S/c1-2-9-24-20(26)18(28-21(24)27)12-15-13-23(17-8-4-3-7-16(15)17)14-19(25)22-10-5-6-11-22/h3-4,7-8,12-13H,2,5-6,9-11,14H2,1H3/b18-12-. The van der Waals surface area contributed by atoms with Crippen molar-refractivity contribution in [3.8, 4) is 0 Å². The number of amides is 3. The molecule has 0 aliphatic carbocycles. The number of para-hydroxylation sites is 1. The summed E-state index contributed by atoms with van der Waals surface area (Å²) in [7, 11) is 0. The minimum Gasteiger partial charge on any atom is -0.341 e. The van der Waals surface area contributed by atoms with Gasteiger partial charge in [-0.3, -0.25) is 19.3 Å². The number of fused-ring (bicyclic) bond motifs is 1. The SMILES string of the molecule is CCCN1C(=O)S/C(=C\c2cn(CC(=O)N3CCCC3)c3ccccc23)C1=O. The number of hydrogen-bond acceptors (Lipinski definition) is 4. The fourth-order valence-electron chi connectivity index (χ4n) is 3.79. The number of rotatable bonds is 5. The summed E-state index contributed by atoms with van der Waals surface area (Å²) in [6.07, 6.45) is 6.56. The van der Waals surface area contributed by atoms with Crippen LogP contribution in [0.3, 0.4) is 0 Å². The molecule has 3 amide bonds. The molecular weight excluding hydrogens is 374 g/mol. The van der Waals surface area contributed by atoms with Crippen molar-refractivity contribution < 1.29 is 14.4 Å². The average molecular weight is 398 g/mol. The molecule has 3 heterocycles. The first-order chi connectivity index (χ1) is 13.6. The number of carbonyl (C=O) groups is 3. The maximum absolute atomic E-state index is 12.6. The van der Waals surface area contributed by atoms with Gasteiger partial charge in [0.05, 0.1) is 4.91 Å². The third kappa shape index (κ3) is 3.46. The molecule has 7 heteroatoms. The van der Waals surface area contributed by atoms with Crippen LogP contribution in [0.1, 0.15) is 31.7 Å². The first-order valence-corrected chi connectivity index (χ1v) is 10.5. The van der Waals surface area contributed by atoms with Gasteiger partial charge in [-0.25, -0.2) is 0 Å². The van der Waals surface area contributed by atoms with Gasteiger partial charge in [0.15, 0.2) is 0 Å². The highest BCUT2D eigenvalue weighted by molar-refractivity contribution is 8.18. The van der Waals surface area contributed by atoms with Gasteiger partial charge in [0.2, 0.25) is 5.91 Å². The molecule has 0 atom stereocenters. The lowest BCUT2D eigenvalue weighted by Gasteiger charge is -2.15. The number of likely N-dealkylation sites (tertiary alicyclic amines) is 1. The molecule has 6 nitrogen and oxygen atoms in total. The number of aromatic nitrogens is 1. The van der Waals surface area contributed by atoms with Gasteiger partial charge < -0.3 is 9.47 Å². The Bertz CT molecular complexity index is 972. The van der Waals surface area contributed by atoms with Crippen molar-refractivity contribution in [3.63, 3.8) is 0 Å². The molecule has 2 fully saturated rings. The highest BCUT2D eigenvalue weighted by Crippen LogP contribution is 2.34. The number of benzene rings is 1. The van der Waals surface area contributed by atoms with Crippen LogP contribution in [0.25, 0.3) is 17.0 Å². The van der Waals surface area contributed by atoms with Crippen LogP contribution in [-0.2, 0) is 16.1 Å². The summed E-state index contributed by atoms with van der Waals surface area (Å²) in [6.45, 7) is 4.32. The maximum atomic E-state index is 12.6. The van der Waals surface area contributed by atoms with Crippen LogP contribution < -0.4 is 0 Å². The Morgan fingerprint density at radius 1 is 1.18 bits per heavy atom. The Kier molecular flexibility index (Phi) is 5.26. The third-order valence-electron chi connectivity index (χ3n) is 5.19. The number of nitrogens with zero attached hydrogens (tertiary/aromatic N) is 3. The molecule has 146 valence electrons. The molecule has 2 aromatic rings. The molecular formula is C21H23N3O3S. The van der Waals surface area contributed by atoms with Crippen LogP contribution in [0, 0.1) is 0 Å². The van der Waals surface area contributed by atoms with Gasteiger partial charge in [0.25, 0.3) is 11.1 Å². The van der Waals surface area contributed by atoms with Gasteiger partial charge in [-0.15, -0.1) is 0 Å². The van der Waals surface area contributed by atoms with Gasteiger partial charge in [0.1, 0.15) is 6.54 Å². The predicted octanol–water partition coefficient (Wildman–Crippen LogP) is 3.71. The Labute approximate surface area is 168 Å². The second kappa shape index (κ2) is 7.83. The summed E-state index contributed by atoms with van der Waals surface area (Å²) in [5, 5.41) is 0.755. The Balaban J connectivity index is 1.66. The zero-order valence-corrected chi connectivity index (χ0v) is 16.7. The van der Waals surface area contributed by atoms with Gasteiger partial charge in [-0.1, -0.05) is 25.1 Å². The zero-order valence-electron chi connectivity index (χ0n) is 15.9. The number of hydrogen-bond donors (Lipinski definition) is 0. The van der Waals surface area contributed by atoms with E-state index >= 15 is 0 Å². The third-order valence-corrected chi connectivity index (χ3v) is 6.10. The van der Waals surface area contributed by atoms with Crippen molar-refractivity contribution in [3.05, 3.63) is 40.9 Å². The first kappa shape index (κ1) is 18.8. The molecule has 2 aliphatic heterocycles. The number of imide groups is 1. The highest BCUT2D eigenvalue weighted by Gasteiger charge is 2.34. The minimum atomic E-state index is -0.234. The normalized spacial score (nSPS) is 18.8. The minimum absolute atomic E-state index is 0.119. The van der Waals surface area contributed by atoms with E-state index in [0.717, 1.165) is 60.6 Å². The van der Waals surface area contributed by atoms with E-state index in [-0.39, 0.29) is 23.6 Å². The Hall–Kier alpha value is -2.54. The van der Waals surface area contributed by atoms with Crippen molar-refractivity contribution >= 4 is 45.8 Å². The quantitative estimate of drug-likeness (QED) is 0.722. The van der Waals surface area contributed by atoms with Crippen molar-refractivity contribution in [2.45, 2.75) is 32.7 Å². The Morgan fingerprint density at radius 3 is 2.68 bits per heavy atom. The molecule has 1 aromatic heterocycles. The summed E-state index contributed by atoms with van der Waals surface area (Å²) < 4.78 is 1.94. The number of carbonyl (C=O) groups excluding carboxylic acids is 3. The van der Waals surface area contributed by atoms with Gasteiger partial charge in [-0.2, -0.15) is 0 Å². The molecule has 0 saturated carbocycles. The molecule has 28 heavy (non-hydrogen) atoms. The van der Waals surface area contributed by atoms with Crippen molar-refractivity contribution in [1.29, 1.82) is 0 Å². The lowest BCUT2D eigenvalue weighted by molar-refractivity contribution is -0.130. The molecule has 0 unspecified atom stereocenters. The van der Waals surface area contributed by atoms with Gasteiger partial charge in [-0.05, 0) is 43.2 Å². The van der Waals surface area contributed by atoms with Crippen LogP contribution in [-0.4, -0.2) is 51.1 Å². The van der Waals surface area contributed by atoms with E-state index in [9.17, 15) is 14.4 Å². The molecule has 2 saturated heterocycles. The first-order valence-electron chi connectivity index (χ1n) is 9.69. The van der Waals surface area contributed by atoms with Crippen LogP contribution in [0.4, 0.5) is 4.79 Å². The van der Waals surface area contributed by atoms with E-state index < -0.39 is 0 Å². The number of thioether (sulfide) groups is 1. The monoisotopic (exact) mass is 397 g/mol. The van der Waals surface area contributed by atoms with Crippen molar-refractivity contribution in [2.75, 3.05) is 19.6 Å². The van der Waals surface area contributed by atoms with Gasteiger partial charge in [0, 0.05) is 42.3 Å². The lowest BCUT2D eigenvalue weighted by atomic mass is 10.1. The predicted molar refractivity (Wildman–Crippen MR) is 111 cm³/mol. The molecule has 4 rings (SSSR count). The summed E-state index contributed by atoms with van der Waals surface area (Å²) in [4.78, 5) is 40.9. The summed E-state index contributed by atoms with van der Waals surface area (Å²) >= 11 is 0.983. The highest BCUT2D eigenvalue weighted by atomic mass is 32.2. The van der Waals surface area contributed by atoms with E-state index in [0.29, 0.717) is 11.4 Å². The molecule has 0 N–H and O–H groups in total.